The summed E-state index contributed by atoms with van der Waals surface area (Å²) in [6, 6.07) is 16.5. The lowest BCUT2D eigenvalue weighted by molar-refractivity contribution is 0.103. The van der Waals surface area contributed by atoms with E-state index in [1.54, 1.807) is 24.3 Å². The molecule has 3 aromatic rings. The van der Waals surface area contributed by atoms with E-state index < -0.39 is 0 Å². The van der Waals surface area contributed by atoms with Crippen LogP contribution in [0.5, 0.6) is 0 Å². The fourth-order valence-electron chi connectivity index (χ4n) is 2.34. The molecule has 2 aromatic heterocycles. The molecule has 1 aromatic carbocycles. The third-order valence-electron chi connectivity index (χ3n) is 3.39. The van der Waals surface area contributed by atoms with Gasteiger partial charge in [0.2, 0.25) is 5.78 Å². The Hall–Kier alpha value is -2.86. The molecule has 0 amide bonds. The van der Waals surface area contributed by atoms with Crippen LogP contribution in [-0.4, -0.2) is 10.2 Å². The summed E-state index contributed by atoms with van der Waals surface area (Å²) >= 11 is 0. The monoisotopic (exact) mass is 260 g/mol. The molecule has 20 heavy (non-hydrogen) atoms. The lowest BCUT2D eigenvalue weighted by atomic mass is 10.1. The molecule has 3 nitrogen and oxygen atoms in total. The maximum atomic E-state index is 12.6. The molecule has 0 N–H and O–H groups in total. The molecule has 0 aliphatic carbocycles. The first-order valence-corrected chi connectivity index (χ1v) is 6.32. The van der Waals surface area contributed by atoms with Crippen molar-refractivity contribution in [2.24, 2.45) is 0 Å². The van der Waals surface area contributed by atoms with Crippen molar-refractivity contribution in [3.05, 3.63) is 77.1 Å². The molecule has 3 heteroatoms. The number of aryl methyl sites for hydroxylation is 1. The van der Waals surface area contributed by atoms with E-state index in [-0.39, 0.29) is 5.78 Å². The highest BCUT2D eigenvalue weighted by atomic mass is 16.1. The van der Waals surface area contributed by atoms with Gasteiger partial charge in [-0.2, -0.15) is 5.26 Å². The van der Waals surface area contributed by atoms with Crippen molar-refractivity contribution in [3.63, 3.8) is 0 Å². The lowest BCUT2D eigenvalue weighted by Crippen LogP contribution is -2.04. The molecule has 0 spiro atoms. The summed E-state index contributed by atoms with van der Waals surface area (Å²) in [4.78, 5) is 12.6. The standard InChI is InChI=1S/C17H12N2O/c1-12-10-16(19-9-3-2-4-15(12)19)17(20)14-7-5-13(11-18)6-8-14/h2-10H,1H3. The van der Waals surface area contributed by atoms with Crippen LogP contribution in [0.15, 0.2) is 54.7 Å². The summed E-state index contributed by atoms with van der Waals surface area (Å²) in [5, 5.41) is 8.79. The molecule has 0 radical (unpaired) electrons. The Bertz CT molecular complexity index is 836. The predicted molar refractivity (Wildman–Crippen MR) is 76.7 cm³/mol. The van der Waals surface area contributed by atoms with Gasteiger partial charge in [-0.1, -0.05) is 6.07 Å². The maximum Gasteiger partial charge on any atom is 0.209 e. The fraction of sp³-hybridized carbons (Fsp3) is 0.0588. The Morgan fingerprint density at radius 1 is 1.15 bits per heavy atom. The predicted octanol–water partition coefficient (Wildman–Crippen LogP) is 3.35. The van der Waals surface area contributed by atoms with Crippen molar-refractivity contribution in [2.45, 2.75) is 6.92 Å². The zero-order chi connectivity index (χ0) is 14.1. The minimum Gasteiger partial charge on any atom is -0.313 e. The van der Waals surface area contributed by atoms with Gasteiger partial charge in [-0.15, -0.1) is 0 Å². The van der Waals surface area contributed by atoms with Gasteiger partial charge in [0.15, 0.2) is 0 Å². The number of hydrogen-bond donors (Lipinski definition) is 0. The van der Waals surface area contributed by atoms with Gasteiger partial charge in [0, 0.05) is 17.3 Å². The van der Waals surface area contributed by atoms with Crippen LogP contribution in [0.4, 0.5) is 0 Å². The number of carbonyl (C=O) groups is 1. The minimum absolute atomic E-state index is 0.0382. The van der Waals surface area contributed by atoms with Gasteiger partial charge in [-0.05, 0) is 55.0 Å². The van der Waals surface area contributed by atoms with E-state index in [0.717, 1.165) is 11.1 Å². The van der Waals surface area contributed by atoms with Crippen molar-refractivity contribution in [3.8, 4) is 6.07 Å². The summed E-state index contributed by atoms with van der Waals surface area (Å²) in [6.45, 7) is 1.99. The first kappa shape index (κ1) is 12.2. The van der Waals surface area contributed by atoms with E-state index in [1.807, 2.05) is 41.8 Å². The number of fused-ring (bicyclic) bond motifs is 1. The van der Waals surface area contributed by atoms with Gasteiger partial charge < -0.3 is 4.40 Å². The molecule has 0 saturated carbocycles. The lowest BCUT2D eigenvalue weighted by Gasteiger charge is -2.02. The van der Waals surface area contributed by atoms with Crippen molar-refractivity contribution >= 4 is 11.3 Å². The van der Waals surface area contributed by atoms with Gasteiger partial charge in [-0.25, -0.2) is 0 Å². The largest absolute Gasteiger partial charge is 0.313 e. The Balaban J connectivity index is 2.10. The molecule has 3 rings (SSSR count). The zero-order valence-electron chi connectivity index (χ0n) is 11.0. The van der Waals surface area contributed by atoms with Crippen LogP contribution >= 0.6 is 0 Å². The smallest absolute Gasteiger partial charge is 0.209 e. The number of nitrogens with zero attached hydrogens (tertiary/aromatic N) is 2. The van der Waals surface area contributed by atoms with Gasteiger partial charge in [0.25, 0.3) is 0 Å². The Morgan fingerprint density at radius 3 is 2.60 bits per heavy atom. The Labute approximate surface area is 116 Å². The second kappa shape index (κ2) is 4.67. The van der Waals surface area contributed by atoms with Crippen LogP contribution in [-0.2, 0) is 0 Å². The van der Waals surface area contributed by atoms with Crippen molar-refractivity contribution < 1.29 is 4.79 Å². The molecular formula is C17H12N2O. The van der Waals surface area contributed by atoms with Gasteiger partial charge in [-0.3, -0.25) is 4.79 Å². The van der Waals surface area contributed by atoms with E-state index in [4.69, 9.17) is 5.26 Å². The summed E-state index contributed by atoms with van der Waals surface area (Å²) in [5.74, 6) is -0.0382. The number of carbonyl (C=O) groups excluding carboxylic acids is 1. The third-order valence-corrected chi connectivity index (χ3v) is 3.39. The summed E-state index contributed by atoms with van der Waals surface area (Å²) in [5.41, 5.74) is 3.89. The molecule has 0 aliphatic heterocycles. The minimum atomic E-state index is -0.0382. The van der Waals surface area contributed by atoms with Crippen molar-refractivity contribution in [1.82, 2.24) is 4.40 Å². The van der Waals surface area contributed by atoms with Gasteiger partial charge in [0.1, 0.15) is 0 Å². The van der Waals surface area contributed by atoms with Crippen molar-refractivity contribution in [2.75, 3.05) is 0 Å². The third kappa shape index (κ3) is 1.88. The molecule has 0 saturated heterocycles. The molecule has 0 bridgehead atoms. The van der Waals surface area contributed by atoms with Crippen LogP contribution in [0.3, 0.4) is 0 Å². The Morgan fingerprint density at radius 2 is 1.90 bits per heavy atom. The highest BCUT2D eigenvalue weighted by Gasteiger charge is 2.14. The summed E-state index contributed by atoms with van der Waals surface area (Å²) in [7, 11) is 0. The number of ketones is 1. The highest BCUT2D eigenvalue weighted by Crippen LogP contribution is 2.19. The average molecular weight is 260 g/mol. The number of benzene rings is 1. The van der Waals surface area contributed by atoms with Crippen LogP contribution in [0.2, 0.25) is 0 Å². The van der Waals surface area contributed by atoms with Crippen LogP contribution in [0.1, 0.15) is 27.2 Å². The van der Waals surface area contributed by atoms with Crippen LogP contribution in [0.25, 0.3) is 5.52 Å². The van der Waals surface area contributed by atoms with E-state index in [1.165, 1.54) is 0 Å². The quantitative estimate of drug-likeness (QED) is 0.663. The second-order valence-electron chi connectivity index (χ2n) is 4.69. The Kier molecular flexibility index (Phi) is 2.85. The molecule has 2 heterocycles. The number of pyridine rings is 1. The average Bonchev–Trinajstić information content (AvgIpc) is 2.84. The summed E-state index contributed by atoms with van der Waals surface area (Å²) in [6.07, 6.45) is 1.89. The molecule has 0 fully saturated rings. The van der Waals surface area contributed by atoms with Crippen LogP contribution < -0.4 is 0 Å². The molecule has 0 unspecified atom stereocenters. The first-order chi connectivity index (χ1) is 9.70. The number of rotatable bonds is 2. The molecule has 0 aliphatic rings. The van der Waals surface area contributed by atoms with E-state index >= 15 is 0 Å². The SMILES string of the molecule is Cc1cc(C(=O)c2ccc(C#N)cc2)n2ccccc12. The number of nitriles is 1. The van der Waals surface area contributed by atoms with Crippen LogP contribution in [0, 0.1) is 18.3 Å². The van der Waals surface area contributed by atoms with E-state index in [2.05, 4.69) is 6.07 Å². The molecular weight excluding hydrogens is 248 g/mol. The van der Waals surface area contributed by atoms with Crippen molar-refractivity contribution in [1.29, 1.82) is 5.26 Å². The van der Waals surface area contributed by atoms with Gasteiger partial charge in [0.05, 0.1) is 17.3 Å². The highest BCUT2D eigenvalue weighted by molar-refractivity contribution is 6.08. The number of hydrogen-bond acceptors (Lipinski definition) is 2. The number of aromatic nitrogens is 1. The maximum absolute atomic E-state index is 12.6. The van der Waals surface area contributed by atoms with Gasteiger partial charge >= 0.3 is 0 Å². The zero-order valence-corrected chi connectivity index (χ0v) is 11.0. The van der Waals surface area contributed by atoms with E-state index in [9.17, 15) is 4.79 Å². The topological polar surface area (TPSA) is 45.3 Å². The molecule has 0 atom stereocenters. The second-order valence-corrected chi connectivity index (χ2v) is 4.69. The first-order valence-electron chi connectivity index (χ1n) is 6.32. The molecule has 96 valence electrons. The summed E-state index contributed by atoms with van der Waals surface area (Å²) < 4.78 is 1.90. The normalized spacial score (nSPS) is 10.4. The van der Waals surface area contributed by atoms with E-state index in [0.29, 0.717) is 16.8 Å². The fourth-order valence-corrected chi connectivity index (χ4v) is 2.34.